The average molecular weight is 131 g/mol. The molecule has 56 valence electrons. The lowest BCUT2D eigenvalue weighted by Crippen LogP contribution is -2.34. The Kier molecular flexibility index (Phi) is 2.49. The molecule has 1 aliphatic rings. The summed E-state index contributed by atoms with van der Waals surface area (Å²) >= 11 is 0. The van der Waals surface area contributed by atoms with Crippen LogP contribution in [0.15, 0.2) is 0 Å². The molecule has 1 heterocycles. The van der Waals surface area contributed by atoms with E-state index in [1.54, 1.807) is 0 Å². The maximum Gasteiger partial charge on any atom is 0.0620 e. The molecular weight excluding hydrogens is 114 g/mol. The van der Waals surface area contributed by atoms with Crippen molar-refractivity contribution < 1.29 is 6.16 Å². The first-order valence-corrected chi connectivity index (χ1v) is 3.63. The van der Waals surface area contributed by atoms with Gasteiger partial charge in [0.2, 0.25) is 0 Å². The highest BCUT2D eigenvalue weighted by Crippen LogP contribution is 2.03. The van der Waals surface area contributed by atoms with Crippen molar-refractivity contribution in [2.45, 2.75) is 32.4 Å². The number of hydrogen-bond donors (Lipinski definition) is 1. The van der Waals surface area contributed by atoms with Crippen LogP contribution >= 0.6 is 0 Å². The molecule has 0 radical (unpaired) electrons. The minimum atomic E-state index is 0. The molecule has 0 bridgehead atoms. The molecule has 2 heteroatoms. The Hall–Kier alpha value is -0.0800. The molecule has 2 nitrogen and oxygen atoms in total. The van der Waals surface area contributed by atoms with Crippen LogP contribution in [0.4, 0.5) is 0 Å². The topological polar surface area (TPSA) is 21.3 Å². The van der Waals surface area contributed by atoms with Gasteiger partial charge in [-0.15, -0.1) is 0 Å². The second-order valence-electron chi connectivity index (χ2n) is 2.88. The summed E-state index contributed by atoms with van der Waals surface area (Å²) in [4.78, 5) is 0. The predicted molar refractivity (Wildman–Crippen MR) is 39.6 cm³/mol. The molecule has 9 heavy (non-hydrogen) atoms. The van der Waals surface area contributed by atoms with Crippen LogP contribution in [0.1, 0.15) is 21.7 Å². The first kappa shape index (κ1) is 7.03. The number of hydrogen-bond acceptors (Lipinski definition) is 2. The molecule has 1 rings (SSSR count). The van der Waals surface area contributed by atoms with E-state index in [0.717, 1.165) is 13.2 Å². The van der Waals surface area contributed by atoms with Gasteiger partial charge < -0.3 is 10.1 Å². The van der Waals surface area contributed by atoms with Gasteiger partial charge in [0.25, 0.3) is 0 Å². The molecule has 1 N–H and O–H groups in total. The zero-order valence-corrected chi connectivity index (χ0v) is 6.18. The number of nitrogens with one attached hydrogen (secondary N) is 1. The molecule has 0 unspecified atom stereocenters. The summed E-state index contributed by atoms with van der Waals surface area (Å²) in [5.74, 6) is 0. The Bertz CT molecular complexity index is 81.7. The third-order valence-electron chi connectivity index (χ3n) is 1.50. The summed E-state index contributed by atoms with van der Waals surface area (Å²) in [5.41, 5.74) is 0. The van der Waals surface area contributed by atoms with Gasteiger partial charge in [-0.25, -0.2) is 0 Å². The van der Waals surface area contributed by atoms with Gasteiger partial charge in [0.1, 0.15) is 0 Å². The summed E-state index contributed by atoms with van der Waals surface area (Å²) in [6, 6.07) is 1.21. The van der Waals surface area contributed by atoms with Crippen LogP contribution < -0.4 is 5.32 Å². The quantitative estimate of drug-likeness (QED) is 0.604. The molecule has 0 saturated carbocycles. The van der Waals surface area contributed by atoms with Gasteiger partial charge >= 0.3 is 0 Å². The van der Waals surface area contributed by atoms with E-state index in [4.69, 9.17) is 4.74 Å². The van der Waals surface area contributed by atoms with Gasteiger partial charge in [-0.05, 0) is 6.42 Å². The molecule has 0 amide bonds. The lowest BCUT2D eigenvalue weighted by atomic mass is 10.2. The van der Waals surface area contributed by atoms with Gasteiger partial charge in [0.05, 0.1) is 6.61 Å². The maximum atomic E-state index is 5.20. The molecule has 0 aromatic carbocycles. The minimum absolute atomic E-state index is 0. The van der Waals surface area contributed by atoms with Crippen molar-refractivity contribution in [2.75, 3.05) is 13.2 Å². The van der Waals surface area contributed by atoms with Crippen LogP contribution in [-0.4, -0.2) is 25.3 Å². The highest BCUT2D eigenvalue weighted by Gasteiger charge is 2.14. The first-order chi connectivity index (χ1) is 4.29. The molecule has 1 aliphatic heterocycles. The number of ether oxygens (including phenoxy) is 1. The van der Waals surface area contributed by atoms with E-state index in [2.05, 4.69) is 19.2 Å². The molecule has 0 aromatic heterocycles. The van der Waals surface area contributed by atoms with Gasteiger partial charge in [-0.1, -0.05) is 13.8 Å². The largest absolute Gasteiger partial charge is 0.380 e. The SMILES string of the molecule is CC(C)N[C@H]1CCOC1.[HH]. The van der Waals surface area contributed by atoms with Crippen LogP contribution in [0.2, 0.25) is 0 Å². The van der Waals surface area contributed by atoms with Crippen LogP contribution in [-0.2, 0) is 4.74 Å². The lowest BCUT2D eigenvalue weighted by Gasteiger charge is -2.12. The smallest absolute Gasteiger partial charge is 0.0620 e. The van der Waals surface area contributed by atoms with E-state index >= 15 is 0 Å². The summed E-state index contributed by atoms with van der Waals surface area (Å²) in [6.07, 6.45) is 1.18. The van der Waals surface area contributed by atoms with Crippen molar-refractivity contribution in [1.82, 2.24) is 5.32 Å². The van der Waals surface area contributed by atoms with Crippen molar-refractivity contribution in [1.29, 1.82) is 0 Å². The first-order valence-electron chi connectivity index (χ1n) is 3.63. The Labute approximate surface area is 58.1 Å². The van der Waals surface area contributed by atoms with Crippen molar-refractivity contribution in [2.24, 2.45) is 0 Å². The Morgan fingerprint density at radius 2 is 2.44 bits per heavy atom. The van der Waals surface area contributed by atoms with E-state index in [-0.39, 0.29) is 1.43 Å². The molecular formula is C7H17NO. The lowest BCUT2D eigenvalue weighted by molar-refractivity contribution is 0.188. The third-order valence-corrected chi connectivity index (χ3v) is 1.50. The van der Waals surface area contributed by atoms with Gasteiger partial charge in [0, 0.05) is 20.1 Å². The van der Waals surface area contributed by atoms with Crippen LogP contribution in [0.25, 0.3) is 0 Å². The summed E-state index contributed by atoms with van der Waals surface area (Å²) in [5, 5.41) is 3.42. The summed E-state index contributed by atoms with van der Waals surface area (Å²) in [7, 11) is 0. The standard InChI is InChI=1S/C7H15NO.H2/c1-6(2)8-7-3-4-9-5-7;/h6-8H,3-5H2,1-2H3;1H/t7-;/m0./s1. The Morgan fingerprint density at radius 3 is 2.89 bits per heavy atom. The Morgan fingerprint density at radius 1 is 1.67 bits per heavy atom. The van der Waals surface area contributed by atoms with Crippen molar-refractivity contribution >= 4 is 0 Å². The van der Waals surface area contributed by atoms with E-state index < -0.39 is 0 Å². The van der Waals surface area contributed by atoms with Crippen LogP contribution in [0, 0.1) is 0 Å². The van der Waals surface area contributed by atoms with Crippen molar-refractivity contribution in [3.05, 3.63) is 0 Å². The van der Waals surface area contributed by atoms with E-state index in [1.165, 1.54) is 6.42 Å². The predicted octanol–water partition coefficient (Wildman–Crippen LogP) is 1.02. The van der Waals surface area contributed by atoms with Gasteiger partial charge in [-0.3, -0.25) is 0 Å². The molecule has 1 atom stereocenters. The van der Waals surface area contributed by atoms with Gasteiger partial charge in [-0.2, -0.15) is 0 Å². The van der Waals surface area contributed by atoms with E-state index in [9.17, 15) is 0 Å². The zero-order chi connectivity index (χ0) is 6.69. The second-order valence-corrected chi connectivity index (χ2v) is 2.88. The fraction of sp³-hybridized carbons (Fsp3) is 1.00. The molecule has 1 fully saturated rings. The maximum absolute atomic E-state index is 5.20. The van der Waals surface area contributed by atoms with Crippen LogP contribution in [0.3, 0.4) is 0 Å². The molecule has 0 aromatic rings. The monoisotopic (exact) mass is 131 g/mol. The number of rotatable bonds is 2. The zero-order valence-electron chi connectivity index (χ0n) is 6.18. The minimum Gasteiger partial charge on any atom is -0.380 e. The van der Waals surface area contributed by atoms with E-state index in [0.29, 0.717) is 12.1 Å². The molecule has 0 spiro atoms. The van der Waals surface area contributed by atoms with Crippen molar-refractivity contribution in [3.63, 3.8) is 0 Å². The van der Waals surface area contributed by atoms with E-state index in [1.807, 2.05) is 0 Å². The highest BCUT2D eigenvalue weighted by molar-refractivity contribution is 4.72. The highest BCUT2D eigenvalue weighted by atomic mass is 16.5. The van der Waals surface area contributed by atoms with Gasteiger partial charge in [0.15, 0.2) is 0 Å². The average Bonchev–Trinajstić information content (AvgIpc) is 2.15. The fourth-order valence-corrected chi connectivity index (χ4v) is 1.14. The van der Waals surface area contributed by atoms with Crippen LogP contribution in [0.5, 0.6) is 0 Å². The Balaban J connectivity index is 0.000000810. The third kappa shape index (κ3) is 2.33. The second kappa shape index (κ2) is 3.18. The summed E-state index contributed by atoms with van der Waals surface area (Å²) < 4.78 is 5.20. The van der Waals surface area contributed by atoms with Crippen molar-refractivity contribution in [3.8, 4) is 0 Å². The molecule has 1 saturated heterocycles. The normalized spacial score (nSPS) is 27.7. The molecule has 0 aliphatic carbocycles. The summed E-state index contributed by atoms with van der Waals surface area (Å²) in [6.45, 7) is 6.17. The fourth-order valence-electron chi connectivity index (χ4n) is 1.14.